The fraction of sp³-hybridized carbons (Fsp3) is 0.571. The second-order valence-corrected chi connectivity index (χ2v) is 6.31. The topological polar surface area (TPSA) is 26.0 Å². The van der Waals surface area contributed by atoms with Crippen LogP contribution in [0.25, 0.3) is 0 Å². The highest BCUT2D eigenvalue weighted by Gasteiger charge is 2.37. The number of hydrogen-bond acceptors (Lipinski definition) is 1. The van der Waals surface area contributed by atoms with Crippen molar-refractivity contribution in [2.24, 2.45) is 17.6 Å². The maximum atomic E-state index is 14.1. The predicted molar refractivity (Wildman–Crippen MR) is 72.1 cm³/mol. The van der Waals surface area contributed by atoms with E-state index in [0.29, 0.717) is 21.9 Å². The number of rotatable bonds is 1. The highest BCUT2D eigenvalue weighted by Crippen LogP contribution is 2.42. The van der Waals surface area contributed by atoms with E-state index in [1.807, 2.05) is 12.1 Å². The maximum Gasteiger partial charge on any atom is 0.142 e. The molecular formula is C14H19BrFN. The molecule has 0 radical (unpaired) electrons. The molecular weight excluding hydrogens is 281 g/mol. The van der Waals surface area contributed by atoms with Gasteiger partial charge in [0.05, 0.1) is 4.47 Å². The third-order valence-corrected chi connectivity index (χ3v) is 4.80. The van der Waals surface area contributed by atoms with Crippen LogP contribution in [0.3, 0.4) is 0 Å². The van der Waals surface area contributed by atoms with E-state index in [-0.39, 0.29) is 5.82 Å². The van der Waals surface area contributed by atoms with Crippen LogP contribution in [0, 0.1) is 17.7 Å². The van der Waals surface area contributed by atoms with Crippen LogP contribution in [0.1, 0.15) is 38.7 Å². The Morgan fingerprint density at radius 1 is 1.35 bits per heavy atom. The normalized spacial score (nSPS) is 33.7. The first-order chi connectivity index (χ1) is 7.94. The summed E-state index contributed by atoms with van der Waals surface area (Å²) in [6.07, 6.45) is 2.80. The minimum absolute atomic E-state index is 0.197. The third-order valence-electron chi connectivity index (χ3n) is 4.19. The molecule has 0 spiro atoms. The van der Waals surface area contributed by atoms with Crippen LogP contribution in [0.4, 0.5) is 4.39 Å². The fourth-order valence-corrected chi connectivity index (χ4v) is 3.15. The molecule has 2 N–H and O–H groups in total. The summed E-state index contributed by atoms with van der Waals surface area (Å²) in [5.41, 5.74) is 6.60. The zero-order valence-electron chi connectivity index (χ0n) is 10.3. The molecule has 0 bridgehead atoms. The van der Waals surface area contributed by atoms with Gasteiger partial charge in [-0.3, -0.25) is 0 Å². The zero-order chi connectivity index (χ0) is 12.6. The molecule has 1 fully saturated rings. The van der Waals surface area contributed by atoms with Crippen LogP contribution >= 0.6 is 15.9 Å². The molecule has 3 heteroatoms. The monoisotopic (exact) mass is 299 g/mol. The van der Waals surface area contributed by atoms with E-state index in [4.69, 9.17) is 5.73 Å². The van der Waals surface area contributed by atoms with E-state index in [2.05, 4.69) is 29.8 Å². The minimum Gasteiger partial charge on any atom is -0.321 e. The van der Waals surface area contributed by atoms with E-state index in [1.54, 1.807) is 6.07 Å². The lowest BCUT2D eigenvalue weighted by molar-refractivity contribution is 0.173. The van der Waals surface area contributed by atoms with Crippen molar-refractivity contribution in [3.05, 3.63) is 34.1 Å². The molecule has 1 aromatic rings. The van der Waals surface area contributed by atoms with Crippen LogP contribution in [0.2, 0.25) is 0 Å². The van der Waals surface area contributed by atoms with E-state index >= 15 is 0 Å². The van der Waals surface area contributed by atoms with Crippen molar-refractivity contribution < 1.29 is 4.39 Å². The molecule has 3 atom stereocenters. The van der Waals surface area contributed by atoms with E-state index in [1.165, 1.54) is 0 Å². The van der Waals surface area contributed by atoms with E-state index in [9.17, 15) is 4.39 Å². The highest BCUT2D eigenvalue weighted by molar-refractivity contribution is 9.10. The Kier molecular flexibility index (Phi) is 3.60. The molecule has 0 aromatic heterocycles. The summed E-state index contributed by atoms with van der Waals surface area (Å²) in [6.45, 7) is 4.46. The van der Waals surface area contributed by atoms with Crippen molar-refractivity contribution >= 4 is 15.9 Å². The van der Waals surface area contributed by atoms with Gasteiger partial charge in [-0.05, 0) is 53.1 Å². The van der Waals surface area contributed by atoms with Crippen molar-refractivity contribution in [3.63, 3.8) is 0 Å². The van der Waals surface area contributed by atoms with Gasteiger partial charge in [0.25, 0.3) is 0 Å². The molecule has 1 aliphatic carbocycles. The zero-order valence-corrected chi connectivity index (χ0v) is 11.9. The quantitative estimate of drug-likeness (QED) is 0.826. The van der Waals surface area contributed by atoms with Crippen LogP contribution in [0.5, 0.6) is 0 Å². The van der Waals surface area contributed by atoms with Crippen molar-refractivity contribution in [2.75, 3.05) is 0 Å². The predicted octanol–water partition coefficient (Wildman–Crippen LogP) is 4.20. The van der Waals surface area contributed by atoms with Gasteiger partial charge in [0.2, 0.25) is 0 Å². The lowest BCUT2D eigenvalue weighted by atomic mass is 9.69. The fourth-order valence-electron chi connectivity index (χ4n) is 2.78. The summed E-state index contributed by atoms with van der Waals surface area (Å²) in [5, 5.41) is 0. The van der Waals surface area contributed by atoms with Crippen molar-refractivity contribution in [1.29, 1.82) is 0 Å². The van der Waals surface area contributed by atoms with Crippen LogP contribution in [-0.2, 0) is 5.54 Å². The van der Waals surface area contributed by atoms with Crippen molar-refractivity contribution in [3.8, 4) is 0 Å². The van der Waals surface area contributed by atoms with Crippen LogP contribution in [-0.4, -0.2) is 0 Å². The average Bonchev–Trinajstić information content (AvgIpc) is 2.28. The van der Waals surface area contributed by atoms with E-state index < -0.39 is 5.54 Å². The average molecular weight is 300 g/mol. The second-order valence-electron chi connectivity index (χ2n) is 5.45. The van der Waals surface area contributed by atoms with E-state index in [0.717, 1.165) is 19.3 Å². The molecule has 0 amide bonds. The molecule has 3 unspecified atom stereocenters. The van der Waals surface area contributed by atoms with Gasteiger partial charge in [-0.2, -0.15) is 0 Å². The summed E-state index contributed by atoms with van der Waals surface area (Å²) < 4.78 is 14.6. The van der Waals surface area contributed by atoms with Crippen molar-refractivity contribution in [1.82, 2.24) is 0 Å². The van der Waals surface area contributed by atoms with Crippen molar-refractivity contribution in [2.45, 2.75) is 38.6 Å². The minimum atomic E-state index is -0.500. The first-order valence-electron chi connectivity index (χ1n) is 6.17. The molecule has 1 aromatic carbocycles. The summed E-state index contributed by atoms with van der Waals surface area (Å²) in [4.78, 5) is 0. The molecule has 1 aliphatic rings. The Morgan fingerprint density at radius 2 is 2.06 bits per heavy atom. The Labute approximate surface area is 111 Å². The Bertz CT molecular complexity index is 421. The Hall–Kier alpha value is -0.410. The molecule has 17 heavy (non-hydrogen) atoms. The van der Waals surface area contributed by atoms with Gasteiger partial charge < -0.3 is 5.73 Å². The Morgan fingerprint density at radius 3 is 2.71 bits per heavy atom. The van der Waals surface area contributed by atoms with Gasteiger partial charge in [-0.25, -0.2) is 4.39 Å². The van der Waals surface area contributed by atoms with Crippen LogP contribution < -0.4 is 5.73 Å². The lowest BCUT2D eigenvalue weighted by Crippen LogP contribution is -2.43. The van der Waals surface area contributed by atoms with Gasteiger partial charge in [-0.15, -0.1) is 0 Å². The molecule has 0 heterocycles. The van der Waals surface area contributed by atoms with Crippen LogP contribution in [0.15, 0.2) is 22.7 Å². The number of benzene rings is 1. The van der Waals surface area contributed by atoms with Gasteiger partial charge in [-0.1, -0.05) is 26.0 Å². The molecule has 1 nitrogen and oxygen atoms in total. The van der Waals surface area contributed by atoms with Gasteiger partial charge >= 0.3 is 0 Å². The molecule has 0 saturated heterocycles. The third kappa shape index (κ3) is 2.41. The summed E-state index contributed by atoms with van der Waals surface area (Å²) >= 11 is 3.23. The largest absolute Gasteiger partial charge is 0.321 e. The molecule has 94 valence electrons. The summed E-state index contributed by atoms with van der Waals surface area (Å²) in [7, 11) is 0. The van der Waals surface area contributed by atoms with Gasteiger partial charge in [0.1, 0.15) is 5.82 Å². The highest BCUT2D eigenvalue weighted by atomic mass is 79.9. The maximum absolute atomic E-state index is 14.1. The molecule has 2 rings (SSSR count). The molecule has 0 aliphatic heterocycles. The smallest absolute Gasteiger partial charge is 0.142 e. The number of nitrogens with two attached hydrogens (primary N) is 1. The first-order valence-corrected chi connectivity index (χ1v) is 6.97. The number of hydrogen-bond donors (Lipinski definition) is 1. The lowest BCUT2D eigenvalue weighted by Gasteiger charge is -2.40. The number of halogens is 2. The first kappa shape index (κ1) is 13.0. The second kappa shape index (κ2) is 4.69. The summed E-state index contributed by atoms with van der Waals surface area (Å²) in [5.74, 6) is 1.03. The van der Waals surface area contributed by atoms with Gasteiger partial charge in [0.15, 0.2) is 0 Å². The van der Waals surface area contributed by atoms with Gasteiger partial charge in [0, 0.05) is 11.1 Å². The SMILES string of the molecule is CC1CCC(N)(c2cccc(Br)c2F)CC1C. The molecule has 1 saturated carbocycles. The Balaban J connectivity index is 2.35. The summed E-state index contributed by atoms with van der Waals surface area (Å²) in [6, 6.07) is 5.40. The standard InChI is InChI=1S/C14H19BrFN/c1-9-6-7-14(17,8-10(9)2)11-4-3-5-12(15)13(11)16/h3-5,9-10H,6-8,17H2,1-2H3.